The van der Waals surface area contributed by atoms with Gasteiger partial charge in [-0.05, 0) is 42.0 Å². The molecule has 0 radical (unpaired) electrons. The first-order valence-electron chi connectivity index (χ1n) is 12.9. The summed E-state index contributed by atoms with van der Waals surface area (Å²) in [7, 11) is 1.28. The van der Waals surface area contributed by atoms with E-state index in [0.717, 1.165) is 16.5 Å². The number of aliphatic hydroxyl groups excluding tert-OH is 1. The minimum Gasteiger partial charge on any atom is -0.504 e. The summed E-state index contributed by atoms with van der Waals surface area (Å²) in [4.78, 5) is 43.5. The van der Waals surface area contributed by atoms with Crippen LogP contribution in [0.5, 0.6) is 17.2 Å². The lowest BCUT2D eigenvalue weighted by Gasteiger charge is -2.38. The predicted molar refractivity (Wildman–Crippen MR) is 145 cm³/mol. The molecule has 0 fully saturated rings. The van der Waals surface area contributed by atoms with Crippen LogP contribution >= 0.6 is 0 Å². The Bertz CT molecular complexity index is 1420. The Balaban J connectivity index is 1.66. The van der Waals surface area contributed by atoms with Crippen molar-refractivity contribution < 1.29 is 39.5 Å². The number of aliphatic hydroxyl groups is 1. The molecule has 1 aliphatic heterocycles. The summed E-state index contributed by atoms with van der Waals surface area (Å²) in [6.45, 7) is 1.17. The van der Waals surface area contributed by atoms with Gasteiger partial charge in [0.25, 0.3) is 0 Å². The highest BCUT2D eigenvalue weighted by Crippen LogP contribution is 2.43. The maximum atomic E-state index is 13.8. The summed E-state index contributed by atoms with van der Waals surface area (Å²) in [5, 5.41) is 43.5. The van der Waals surface area contributed by atoms with Crippen molar-refractivity contribution in [1.29, 1.82) is 0 Å². The molecule has 1 aromatic heterocycles. The highest BCUT2D eigenvalue weighted by molar-refractivity contribution is 5.93. The fourth-order valence-electron chi connectivity index (χ4n) is 5.16. The van der Waals surface area contributed by atoms with Crippen molar-refractivity contribution in [2.75, 3.05) is 13.7 Å². The molecule has 0 bridgehead atoms. The summed E-state index contributed by atoms with van der Waals surface area (Å²) < 4.78 is 5.10. The first-order valence-corrected chi connectivity index (χ1v) is 12.9. The van der Waals surface area contributed by atoms with Gasteiger partial charge in [0.2, 0.25) is 17.6 Å². The average Bonchev–Trinajstić information content (AvgIpc) is 3.34. The SMILES string of the molecule is COc1c(O)cc2c(c1O)CN(C(=O)[C@@H](N)Cc1c[nH]c3ccccc13)[C@H](C(=O)N[C@@H](C[C@H](C)CO)C(=O)O)C2. The second-order valence-electron chi connectivity index (χ2n) is 10.2. The number of nitrogens with one attached hydrogen (secondary N) is 2. The van der Waals surface area contributed by atoms with Crippen LogP contribution in [0, 0.1) is 5.92 Å². The quantitative estimate of drug-likeness (QED) is 0.191. The number of ether oxygens (including phenoxy) is 1. The van der Waals surface area contributed by atoms with Crippen molar-refractivity contribution in [2.45, 2.75) is 50.9 Å². The van der Waals surface area contributed by atoms with Gasteiger partial charge < -0.3 is 46.1 Å². The molecule has 1 aliphatic rings. The van der Waals surface area contributed by atoms with Crippen LogP contribution in [0.2, 0.25) is 0 Å². The number of hydrogen-bond acceptors (Lipinski definition) is 8. The van der Waals surface area contributed by atoms with Crippen LogP contribution in [0.15, 0.2) is 36.5 Å². The number of carboxylic acid groups (broad SMARTS) is 1. The molecule has 0 unspecified atom stereocenters. The third-order valence-electron chi connectivity index (χ3n) is 7.34. The van der Waals surface area contributed by atoms with Gasteiger partial charge in [0.05, 0.1) is 19.7 Å². The van der Waals surface area contributed by atoms with E-state index in [9.17, 15) is 34.8 Å². The number of methoxy groups -OCH3 is 1. The van der Waals surface area contributed by atoms with E-state index < -0.39 is 41.8 Å². The molecule has 214 valence electrons. The van der Waals surface area contributed by atoms with Crippen molar-refractivity contribution >= 4 is 28.7 Å². The van der Waals surface area contributed by atoms with Gasteiger partial charge in [-0.15, -0.1) is 0 Å². The lowest BCUT2D eigenvalue weighted by atomic mass is 9.90. The number of carboxylic acids is 1. The maximum Gasteiger partial charge on any atom is 0.326 e. The molecular formula is C28H34N4O8. The van der Waals surface area contributed by atoms with Gasteiger partial charge in [0.15, 0.2) is 11.5 Å². The number of benzene rings is 2. The van der Waals surface area contributed by atoms with Crippen molar-refractivity contribution in [2.24, 2.45) is 11.7 Å². The fraction of sp³-hybridized carbons (Fsp3) is 0.393. The van der Waals surface area contributed by atoms with Gasteiger partial charge in [-0.1, -0.05) is 25.1 Å². The standard InChI is InChI=1S/C28H34N4O8/c1-14(13-33)7-21(28(38)39)31-26(36)22-9-15-10-23(34)25(40-2)24(35)18(15)12-32(22)27(37)19(29)8-16-11-30-20-6-4-3-5-17(16)20/h3-6,10-11,14,19,21-22,30,33-35H,7-9,12-13,29H2,1-2H3,(H,31,36)(H,38,39)/t14-,19-,21-,22-/m0/s1. The minimum atomic E-state index is -1.30. The number of aromatic hydroxyl groups is 2. The molecule has 4 atom stereocenters. The first kappa shape index (κ1) is 28.7. The molecule has 0 saturated heterocycles. The highest BCUT2D eigenvalue weighted by Gasteiger charge is 2.40. The number of phenolic OH excluding ortho intramolecular Hbond substituents is 2. The summed E-state index contributed by atoms with van der Waals surface area (Å²) in [6.07, 6.45) is 1.80. The molecule has 2 amide bonds. The van der Waals surface area contributed by atoms with Gasteiger partial charge >= 0.3 is 5.97 Å². The zero-order valence-electron chi connectivity index (χ0n) is 22.3. The van der Waals surface area contributed by atoms with Crippen LogP contribution < -0.4 is 15.8 Å². The van der Waals surface area contributed by atoms with Gasteiger partial charge in [0.1, 0.15) is 12.1 Å². The number of hydrogen-bond donors (Lipinski definition) is 7. The smallest absolute Gasteiger partial charge is 0.326 e. The number of carbonyl (C=O) groups is 3. The molecule has 2 aromatic carbocycles. The average molecular weight is 555 g/mol. The Morgan fingerprint density at radius 3 is 2.65 bits per heavy atom. The lowest BCUT2D eigenvalue weighted by Crippen LogP contribution is -2.58. The number of H-pyrrole nitrogens is 1. The number of nitrogens with zero attached hydrogens (tertiary/aromatic N) is 1. The molecule has 0 spiro atoms. The molecule has 4 rings (SSSR count). The highest BCUT2D eigenvalue weighted by atomic mass is 16.5. The number of phenols is 2. The minimum absolute atomic E-state index is 0.0202. The number of carbonyl (C=O) groups excluding carboxylic acids is 2. The van der Waals surface area contributed by atoms with Gasteiger partial charge in [-0.3, -0.25) is 9.59 Å². The van der Waals surface area contributed by atoms with Crippen molar-refractivity contribution in [1.82, 2.24) is 15.2 Å². The molecular weight excluding hydrogens is 520 g/mol. The number of fused-ring (bicyclic) bond motifs is 2. The Kier molecular flexibility index (Phi) is 8.50. The fourth-order valence-corrected chi connectivity index (χ4v) is 5.16. The normalized spacial score (nSPS) is 17.1. The van der Waals surface area contributed by atoms with Crippen LogP contribution in [-0.4, -0.2) is 79.9 Å². The zero-order chi connectivity index (χ0) is 29.1. The number of rotatable bonds is 10. The number of aliphatic carboxylic acids is 1. The number of nitrogens with two attached hydrogens (primary N) is 1. The molecule has 12 heteroatoms. The number of amides is 2. The maximum absolute atomic E-state index is 13.8. The van der Waals surface area contributed by atoms with E-state index in [1.807, 2.05) is 24.3 Å². The Hall–Kier alpha value is -4.29. The number of aromatic nitrogens is 1. The van der Waals surface area contributed by atoms with Crippen LogP contribution in [0.25, 0.3) is 10.9 Å². The molecule has 3 aromatic rings. The van der Waals surface area contributed by atoms with Crippen LogP contribution in [-0.2, 0) is 33.8 Å². The van der Waals surface area contributed by atoms with Crippen molar-refractivity contribution in [3.63, 3.8) is 0 Å². The van der Waals surface area contributed by atoms with Gasteiger partial charge in [-0.2, -0.15) is 0 Å². The van der Waals surface area contributed by atoms with E-state index >= 15 is 0 Å². The molecule has 2 heterocycles. The van der Waals surface area contributed by atoms with Crippen LogP contribution in [0.3, 0.4) is 0 Å². The molecule has 0 aliphatic carbocycles. The van der Waals surface area contributed by atoms with Crippen LogP contribution in [0.1, 0.15) is 30.0 Å². The molecule has 12 nitrogen and oxygen atoms in total. The molecule has 0 saturated carbocycles. The van der Waals surface area contributed by atoms with E-state index in [1.54, 1.807) is 13.1 Å². The van der Waals surface area contributed by atoms with Gasteiger partial charge in [-0.25, -0.2) is 4.79 Å². The summed E-state index contributed by atoms with van der Waals surface area (Å²) in [6, 6.07) is 5.38. The second kappa shape index (κ2) is 11.8. The lowest BCUT2D eigenvalue weighted by molar-refractivity contribution is -0.146. The Morgan fingerprint density at radius 1 is 1.25 bits per heavy atom. The van der Waals surface area contributed by atoms with E-state index in [0.29, 0.717) is 5.56 Å². The third-order valence-corrected chi connectivity index (χ3v) is 7.34. The predicted octanol–water partition coefficient (Wildman–Crippen LogP) is 0.999. The van der Waals surface area contributed by atoms with E-state index in [1.165, 1.54) is 18.1 Å². The Labute approximate surface area is 230 Å². The van der Waals surface area contributed by atoms with Gasteiger partial charge in [0, 0.05) is 35.7 Å². The number of aromatic amines is 1. The second-order valence-corrected chi connectivity index (χ2v) is 10.2. The number of para-hydroxylation sites is 1. The third kappa shape index (κ3) is 5.68. The van der Waals surface area contributed by atoms with Crippen molar-refractivity contribution in [3.8, 4) is 17.2 Å². The summed E-state index contributed by atoms with van der Waals surface area (Å²) >= 11 is 0. The largest absolute Gasteiger partial charge is 0.504 e. The summed E-state index contributed by atoms with van der Waals surface area (Å²) in [5.41, 5.74) is 8.77. The van der Waals surface area contributed by atoms with E-state index in [4.69, 9.17) is 10.5 Å². The monoisotopic (exact) mass is 554 g/mol. The summed E-state index contributed by atoms with van der Waals surface area (Å²) in [5.74, 6) is -3.84. The topological polar surface area (TPSA) is 198 Å². The zero-order valence-corrected chi connectivity index (χ0v) is 22.3. The molecule has 8 N–H and O–H groups in total. The van der Waals surface area contributed by atoms with Crippen LogP contribution in [0.4, 0.5) is 0 Å². The van der Waals surface area contributed by atoms with Crippen molar-refractivity contribution in [3.05, 3.63) is 53.2 Å². The van der Waals surface area contributed by atoms with E-state index in [2.05, 4.69) is 10.3 Å². The van der Waals surface area contributed by atoms with E-state index in [-0.39, 0.29) is 55.2 Å². The Morgan fingerprint density at radius 2 is 1.98 bits per heavy atom. The first-order chi connectivity index (χ1) is 19.0. The molecule has 40 heavy (non-hydrogen) atoms.